The zero-order valence-corrected chi connectivity index (χ0v) is 47.6. The van der Waals surface area contributed by atoms with Crippen LogP contribution in [0.15, 0.2) is 0 Å². The number of rotatable bonds is 56. The van der Waals surface area contributed by atoms with Gasteiger partial charge in [0.05, 0.1) is 0 Å². The summed E-state index contributed by atoms with van der Waals surface area (Å²) in [6.07, 6.45) is 58.0. The summed E-state index contributed by atoms with van der Waals surface area (Å²) in [6, 6.07) is 0. The van der Waals surface area contributed by atoms with Gasteiger partial charge in [0.15, 0.2) is 6.10 Å². The molecule has 0 bridgehead atoms. The molecule has 6 nitrogen and oxygen atoms in total. The van der Waals surface area contributed by atoms with Gasteiger partial charge in [-0.05, 0) is 37.0 Å². The second kappa shape index (κ2) is 54.2. The monoisotopic (exact) mass is 975 g/mol. The number of ether oxygens (including phenoxy) is 3. The lowest BCUT2D eigenvalue weighted by atomic mass is 9.99. The maximum absolute atomic E-state index is 12.9. The molecular weight excluding hydrogens is 853 g/mol. The molecule has 6 heteroatoms. The molecule has 0 fully saturated rings. The lowest BCUT2D eigenvalue weighted by molar-refractivity contribution is -0.167. The predicted octanol–water partition coefficient (Wildman–Crippen LogP) is 20.7. The van der Waals surface area contributed by atoms with Crippen LogP contribution in [0.2, 0.25) is 0 Å². The molecule has 0 aliphatic rings. The van der Waals surface area contributed by atoms with Crippen LogP contribution in [-0.2, 0) is 28.6 Å². The molecule has 0 radical (unpaired) electrons. The Morgan fingerprint density at radius 2 is 0.507 bits per heavy atom. The molecule has 1 unspecified atom stereocenters. The highest BCUT2D eigenvalue weighted by Crippen LogP contribution is 2.19. The van der Waals surface area contributed by atoms with E-state index in [0.717, 1.165) is 75.5 Å². The van der Waals surface area contributed by atoms with Gasteiger partial charge in [0.1, 0.15) is 13.2 Å². The summed E-state index contributed by atoms with van der Waals surface area (Å²) in [7, 11) is 0. The normalized spacial score (nSPS) is 12.5. The van der Waals surface area contributed by atoms with E-state index in [1.807, 2.05) is 0 Å². The van der Waals surface area contributed by atoms with Gasteiger partial charge in [0.25, 0.3) is 0 Å². The molecule has 0 amide bonds. The number of hydrogen-bond acceptors (Lipinski definition) is 6. The van der Waals surface area contributed by atoms with E-state index >= 15 is 0 Å². The van der Waals surface area contributed by atoms with E-state index in [9.17, 15) is 14.4 Å². The average Bonchev–Trinajstić information content (AvgIpc) is 3.32. The zero-order chi connectivity index (χ0) is 50.5. The molecule has 0 rings (SSSR count). The van der Waals surface area contributed by atoms with Crippen LogP contribution in [0.1, 0.15) is 350 Å². The van der Waals surface area contributed by atoms with Crippen LogP contribution in [-0.4, -0.2) is 37.2 Å². The fraction of sp³-hybridized carbons (Fsp3) is 0.952. The van der Waals surface area contributed by atoms with Gasteiger partial charge in [-0.15, -0.1) is 0 Å². The quantitative estimate of drug-likeness (QED) is 0.0343. The summed E-state index contributed by atoms with van der Waals surface area (Å²) in [5.41, 5.74) is 0. The van der Waals surface area contributed by atoms with Crippen LogP contribution < -0.4 is 0 Å². The average molecular weight is 976 g/mol. The first-order valence-electron chi connectivity index (χ1n) is 31.1. The van der Waals surface area contributed by atoms with Crippen molar-refractivity contribution in [3.05, 3.63) is 0 Å². The largest absolute Gasteiger partial charge is 0.462 e. The fourth-order valence-corrected chi connectivity index (χ4v) is 9.67. The molecule has 0 aliphatic heterocycles. The highest BCUT2D eigenvalue weighted by Gasteiger charge is 2.19. The first-order valence-corrected chi connectivity index (χ1v) is 31.1. The van der Waals surface area contributed by atoms with Crippen LogP contribution in [0.3, 0.4) is 0 Å². The van der Waals surface area contributed by atoms with Crippen LogP contribution in [0.5, 0.6) is 0 Å². The van der Waals surface area contributed by atoms with Crippen molar-refractivity contribution in [3.63, 3.8) is 0 Å². The number of esters is 3. The van der Waals surface area contributed by atoms with E-state index < -0.39 is 6.10 Å². The van der Waals surface area contributed by atoms with Gasteiger partial charge >= 0.3 is 17.9 Å². The van der Waals surface area contributed by atoms with E-state index in [1.165, 1.54) is 231 Å². The van der Waals surface area contributed by atoms with Gasteiger partial charge < -0.3 is 14.2 Å². The molecule has 0 saturated heterocycles. The minimum absolute atomic E-state index is 0.0628. The smallest absolute Gasteiger partial charge is 0.306 e. The van der Waals surface area contributed by atoms with Crippen molar-refractivity contribution in [2.24, 2.45) is 17.8 Å². The summed E-state index contributed by atoms with van der Waals surface area (Å²) >= 11 is 0. The molecule has 0 saturated carbocycles. The first-order chi connectivity index (χ1) is 33.6. The van der Waals surface area contributed by atoms with Gasteiger partial charge in [0.2, 0.25) is 0 Å². The van der Waals surface area contributed by atoms with E-state index in [1.54, 1.807) is 0 Å². The minimum Gasteiger partial charge on any atom is -0.462 e. The van der Waals surface area contributed by atoms with Crippen molar-refractivity contribution in [2.45, 2.75) is 356 Å². The van der Waals surface area contributed by atoms with E-state index in [0.29, 0.717) is 19.3 Å². The van der Waals surface area contributed by atoms with E-state index in [2.05, 4.69) is 41.5 Å². The van der Waals surface area contributed by atoms with Crippen molar-refractivity contribution < 1.29 is 28.6 Å². The predicted molar refractivity (Wildman–Crippen MR) is 298 cm³/mol. The highest BCUT2D eigenvalue weighted by atomic mass is 16.6. The Labute approximate surface area is 431 Å². The second-order valence-corrected chi connectivity index (χ2v) is 22.9. The molecule has 69 heavy (non-hydrogen) atoms. The third-order valence-electron chi connectivity index (χ3n) is 14.8. The third-order valence-corrected chi connectivity index (χ3v) is 14.8. The number of hydrogen-bond donors (Lipinski definition) is 0. The van der Waals surface area contributed by atoms with Gasteiger partial charge in [0, 0.05) is 19.3 Å². The molecule has 0 heterocycles. The Morgan fingerprint density at radius 1 is 0.290 bits per heavy atom. The molecular formula is C63H122O6. The van der Waals surface area contributed by atoms with E-state index in [4.69, 9.17) is 14.2 Å². The van der Waals surface area contributed by atoms with E-state index in [-0.39, 0.29) is 31.1 Å². The Balaban J connectivity index is 4.31. The Kier molecular flexibility index (Phi) is 52.9. The molecule has 0 aromatic carbocycles. The summed E-state index contributed by atoms with van der Waals surface area (Å²) in [4.78, 5) is 38.3. The molecule has 2 atom stereocenters. The minimum atomic E-state index is -0.764. The maximum Gasteiger partial charge on any atom is 0.306 e. The SMILES string of the molecule is CCC(C)CCCCCCCCCCCCCCCCC(=O)O[C@H](COC(=O)CCCCCCCCCCCCCCCCC(C)C)COC(=O)CCCCCCCCCCCCCCCC(C)C. The molecule has 0 spiro atoms. The summed E-state index contributed by atoms with van der Waals surface area (Å²) < 4.78 is 16.9. The third kappa shape index (κ3) is 55.6. The van der Waals surface area contributed by atoms with Crippen LogP contribution in [0.25, 0.3) is 0 Å². The Hall–Kier alpha value is -1.59. The first kappa shape index (κ1) is 67.4. The van der Waals surface area contributed by atoms with Crippen molar-refractivity contribution in [1.82, 2.24) is 0 Å². The Bertz CT molecular complexity index is 1070. The number of carbonyl (C=O) groups excluding carboxylic acids is 3. The number of carbonyl (C=O) groups is 3. The second-order valence-electron chi connectivity index (χ2n) is 22.9. The molecule has 0 aromatic heterocycles. The topological polar surface area (TPSA) is 78.9 Å². The highest BCUT2D eigenvalue weighted by molar-refractivity contribution is 5.71. The van der Waals surface area contributed by atoms with Gasteiger partial charge in [-0.1, -0.05) is 311 Å². The van der Waals surface area contributed by atoms with Crippen molar-refractivity contribution in [3.8, 4) is 0 Å². The van der Waals surface area contributed by atoms with Crippen molar-refractivity contribution >= 4 is 17.9 Å². The van der Waals surface area contributed by atoms with Crippen molar-refractivity contribution in [2.75, 3.05) is 13.2 Å². The summed E-state index contributed by atoms with van der Waals surface area (Å²) in [6.45, 7) is 13.8. The van der Waals surface area contributed by atoms with Crippen molar-refractivity contribution in [1.29, 1.82) is 0 Å². The Morgan fingerprint density at radius 3 is 0.754 bits per heavy atom. The molecule has 0 N–H and O–H groups in total. The maximum atomic E-state index is 12.9. The zero-order valence-electron chi connectivity index (χ0n) is 47.6. The standard InChI is InChI=1S/C63H122O6/c1-7-59(6)51-45-39-33-27-21-15-9-11-17-24-30-36-42-48-54-63(66)69-60(56-68-62(65)53-47-41-35-29-23-18-12-14-20-26-32-38-44-50-58(4)5)55-67-61(64)52-46-40-34-28-22-16-10-8-13-19-25-31-37-43-49-57(2)3/h57-60H,7-56H2,1-6H3/t59?,60-/m1/s1. The fourth-order valence-electron chi connectivity index (χ4n) is 9.67. The van der Waals surface area contributed by atoms with Gasteiger partial charge in [-0.25, -0.2) is 0 Å². The summed E-state index contributed by atoms with van der Waals surface area (Å²) in [5, 5.41) is 0. The van der Waals surface area contributed by atoms with Gasteiger partial charge in [-0.2, -0.15) is 0 Å². The molecule has 0 aromatic rings. The van der Waals surface area contributed by atoms with Crippen LogP contribution >= 0.6 is 0 Å². The van der Waals surface area contributed by atoms with Gasteiger partial charge in [-0.3, -0.25) is 14.4 Å². The lowest BCUT2D eigenvalue weighted by Crippen LogP contribution is -2.30. The lowest BCUT2D eigenvalue weighted by Gasteiger charge is -2.18. The molecule has 410 valence electrons. The molecule has 0 aliphatic carbocycles. The number of unbranched alkanes of at least 4 members (excludes halogenated alkanes) is 38. The summed E-state index contributed by atoms with van der Waals surface area (Å²) in [5.74, 6) is 1.74. The van der Waals surface area contributed by atoms with Crippen LogP contribution in [0.4, 0.5) is 0 Å². The van der Waals surface area contributed by atoms with Crippen LogP contribution in [0, 0.1) is 17.8 Å².